The van der Waals surface area contributed by atoms with E-state index >= 15 is 0 Å². The van der Waals surface area contributed by atoms with Crippen molar-refractivity contribution in [3.8, 4) is 0 Å². The van der Waals surface area contributed by atoms with Crippen LogP contribution in [0.25, 0.3) is 0 Å². The average molecular weight is 342 g/mol. The molecule has 3 rings (SSSR count). The number of aliphatic carboxylic acids is 1. The second-order valence-corrected chi connectivity index (χ2v) is 6.19. The minimum absolute atomic E-state index is 0. The molecule has 1 aromatic rings. The first-order chi connectivity index (χ1) is 9.29. The van der Waals surface area contributed by atoms with Crippen molar-refractivity contribution in [1.82, 2.24) is 9.96 Å². The summed E-state index contributed by atoms with van der Waals surface area (Å²) in [6.07, 6.45) is 0. The average Bonchev–Trinajstić information content (AvgIpc) is 2.88. The quantitative estimate of drug-likeness (QED) is 0.439. The van der Waals surface area contributed by atoms with E-state index in [1.54, 1.807) is 11.4 Å². The monoisotopic (exact) mass is 342 g/mol. The Hall–Kier alpha value is -0.690. The maximum atomic E-state index is 12.0. The second-order valence-electron chi connectivity index (χ2n) is 4.24. The summed E-state index contributed by atoms with van der Waals surface area (Å²) in [4.78, 5) is 24.5. The Morgan fingerprint density at radius 3 is 2.76 bits per heavy atom. The Morgan fingerprint density at radius 1 is 1.52 bits per heavy atom. The molecule has 2 amide bonds. The van der Waals surface area contributed by atoms with Crippen LogP contribution in [0.1, 0.15) is 22.5 Å². The van der Waals surface area contributed by atoms with Crippen molar-refractivity contribution in [3.05, 3.63) is 21.9 Å². The molecule has 1 fully saturated rings. The molecule has 0 unspecified atom stereocenters. The van der Waals surface area contributed by atoms with Crippen LogP contribution >= 0.6 is 11.3 Å². The van der Waals surface area contributed by atoms with Gasteiger partial charge in [-0.25, -0.2) is 4.79 Å². The number of fused-ring (bicyclic) bond motifs is 4. The number of urea groups is 1. The molecule has 1 saturated heterocycles. The van der Waals surface area contributed by atoms with Crippen LogP contribution < -0.4 is 34.7 Å². The van der Waals surface area contributed by atoms with Gasteiger partial charge in [-0.1, -0.05) is 0 Å². The van der Waals surface area contributed by atoms with Crippen molar-refractivity contribution in [1.29, 1.82) is 0 Å². The molecule has 9 nitrogen and oxygen atoms in total. The summed E-state index contributed by atoms with van der Waals surface area (Å²) in [5.74, 6) is -1.46. The van der Waals surface area contributed by atoms with Gasteiger partial charge in [0.2, 0.25) is 0 Å². The summed E-state index contributed by atoms with van der Waals surface area (Å²) in [6, 6.07) is -1.45. The molecule has 2 bridgehead atoms. The predicted molar refractivity (Wildman–Crippen MR) is 61.4 cm³/mol. The number of thiophene rings is 1. The van der Waals surface area contributed by atoms with E-state index < -0.39 is 34.5 Å². The van der Waals surface area contributed by atoms with Gasteiger partial charge in [-0.3, -0.25) is 4.55 Å². The molecular weight excluding hydrogens is 335 g/mol. The van der Waals surface area contributed by atoms with Gasteiger partial charge in [0, 0.05) is 4.88 Å². The molecule has 0 aromatic carbocycles. The fraction of sp³-hybridized carbons (Fsp3) is 0.333. The third kappa shape index (κ3) is 2.70. The topological polar surface area (TPSA) is 127 Å². The number of carbonyl (C=O) groups is 2. The Bertz CT molecular complexity index is 703. The fourth-order valence-electron chi connectivity index (χ4n) is 2.43. The van der Waals surface area contributed by atoms with Crippen molar-refractivity contribution in [3.63, 3.8) is 0 Å². The Kier molecular flexibility index (Phi) is 4.37. The van der Waals surface area contributed by atoms with Gasteiger partial charge in [0.05, 0.1) is 12.5 Å². The number of hydrogen-bond acceptors (Lipinski definition) is 7. The van der Waals surface area contributed by atoms with Crippen LogP contribution in [0.2, 0.25) is 0 Å². The van der Waals surface area contributed by atoms with E-state index in [0.29, 0.717) is 15.5 Å². The first-order valence-electron chi connectivity index (χ1n) is 5.34. The molecule has 108 valence electrons. The predicted octanol–water partition coefficient (Wildman–Crippen LogP) is -3.93. The van der Waals surface area contributed by atoms with Gasteiger partial charge >= 0.3 is 46.0 Å². The number of hydrogen-bond donors (Lipinski definition) is 1. The van der Waals surface area contributed by atoms with Gasteiger partial charge in [-0.05, 0) is 17.0 Å². The number of carbonyl (C=O) groups excluding carboxylic acids is 2. The van der Waals surface area contributed by atoms with Gasteiger partial charge < -0.3 is 14.8 Å². The molecule has 1 aromatic heterocycles. The van der Waals surface area contributed by atoms with Crippen molar-refractivity contribution >= 4 is 33.7 Å². The van der Waals surface area contributed by atoms with Crippen LogP contribution in [0.4, 0.5) is 4.79 Å². The molecule has 12 heteroatoms. The molecule has 2 aliphatic heterocycles. The van der Waals surface area contributed by atoms with Crippen LogP contribution in [-0.2, 0) is 19.5 Å². The van der Waals surface area contributed by atoms with E-state index in [-0.39, 0.29) is 36.1 Å². The standard InChI is InChI=1S/C9H8N2O7S2.Na/c12-8(13)6-7-4(1-2-19-7)5-3-10(6)9(14)11(5)18-20(15,16)17;/h1-2,5-6H,3H2,(H,12,13)(H,15,16,17);/q;+1/p-1/t5-,6+;/m1./s1. The Balaban J connectivity index is 0.00000161. The minimum Gasteiger partial charge on any atom is -0.547 e. The largest absolute Gasteiger partial charge is 1.00 e. The summed E-state index contributed by atoms with van der Waals surface area (Å²) >= 11 is 1.12. The molecule has 0 saturated carbocycles. The van der Waals surface area contributed by atoms with E-state index in [0.717, 1.165) is 16.2 Å². The summed E-state index contributed by atoms with van der Waals surface area (Å²) in [5, 5.41) is 13.3. The van der Waals surface area contributed by atoms with Crippen LogP contribution in [0.15, 0.2) is 11.4 Å². The van der Waals surface area contributed by atoms with Crippen molar-refractivity contribution < 1.29 is 61.5 Å². The zero-order valence-corrected chi connectivity index (χ0v) is 14.3. The van der Waals surface area contributed by atoms with Gasteiger partial charge in [0.1, 0.15) is 12.1 Å². The number of carboxylic acids is 1. The zero-order valence-electron chi connectivity index (χ0n) is 10.6. The molecule has 2 aliphatic rings. The van der Waals surface area contributed by atoms with E-state index in [9.17, 15) is 23.1 Å². The van der Waals surface area contributed by atoms with Crippen molar-refractivity contribution in [2.45, 2.75) is 12.1 Å². The molecule has 3 heterocycles. The molecule has 21 heavy (non-hydrogen) atoms. The van der Waals surface area contributed by atoms with Crippen molar-refractivity contribution in [2.75, 3.05) is 6.54 Å². The molecule has 2 atom stereocenters. The second kappa shape index (κ2) is 5.50. The van der Waals surface area contributed by atoms with E-state index in [1.165, 1.54) is 0 Å². The first-order valence-corrected chi connectivity index (χ1v) is 7.59. The van der Waals surface area contributed by atoms with E-state index in [4.69, 9.17) is 4.55 Å². The third-order valence-electron chi connectivity index (χ3n) is 3.13. The SMILES string of the molecule is O=C([O-])[C@@H]1c2sccc2[C@H]2CN1C(=O)N2OS(=O)(=O)O.[Na+]. The minimum atomic E-state index is -4.88. The van der Waals surface area contributed by atoms with Crippen LogP contribution in [0.3, 0.4) is 0 Å². The summed E-state index contributed by atoms with van der Waals surface area (Å²) in [6.45, 7) is -0.0588. The molecule has 0 spiro atoms. The summed E-state index contributed by atoms with van der Waals surface area (Å²) < 4.78 is 34.5. The zero-order chi connectivity index (χ0) is 14.7. The van der Waals surface area contributed by atoms with Crippen LogP contribution in [0.5, 0.6) is 0 Å². The number of rotatable bonds is 3. The van der Waals surface area contributed by atoms with Gasteiger partial charge in [0.25, 0.3) is 0 Å². The smallest absolute Gasteiger partial charge is 0.547 e. The summed E-state index contributed by atoms with van der Waals surface area (Å²) in [7, 11) is -4.88. The fourth-order valence-corrected chi connectivity index (χ4v) is 3.85. The van der Waals surface area contributed by atoms with Gasteiger partial charge in [-0.2, -0.15) is 13.5 Å². The normalized spacial score (nSPS) is 23.8. The van der Waals surface area contributed by atoms with Crippen molar-refractivity contribution in [2.24, 2.45) is 0 Å². The van der Waals surface area contributed by atoms with E-state index in [1.807, 2.05) is 0 Å². The number of amides is 2. The van der Waals surface area contributed by atoms with E-state index in [2.05, 4.69) is 4.28 Å². The Labute approximate surface area is 145 Å². The van der Waals surface area contributed by atoms with Gasteiger partial charge in [0.15, 0.2) is 0 Å². The summed E-state index contributed by atoms with van der Waals surface area (Å²) in [5.41, 5.74) is 0.468. The molecule has 0 aliphatic carbocycles. The number of hydroxylamine groups is 2. The van der Waals surface area contributed by atoms with Crippen LogP contribution in [-0.4, -0.2) is 41.5 Å². The number of nitrogens with zero attached hydrogens (tertiary/aromatic N) is 2. The maximum Gasteiger partial charge on any atom is 1.00 e. The van der Waals surface area contributed by atoms with Crippen LogP contribution in [0, 0.1) is 0 Å². The Morgan fingerprint density at radius 2 is 2.19 bits per heavy atom. The third-order valence-corrected chi connectivity index (χ3v) is 4.46. The number of carboxylic acid groups (broad SMARTS) is 1. The molecule has 0 radical (unpaired) electrons. The maximum absolute atomic E-state index is 12.0. The first kappa shape index (κ1) is 16.7. The molecular formula is C9H7N2NaO7S2. The van der Waals surface area contributed by atoms with Gasteiger partial charge in [-0.15, -0.1) is 15.6 Å². The molecule has 1 N–H and O–H groups in total.